The molecule has 132 valence electrons. The van der Waals surface area contributed by atoms with Crippen LogP contribution in [0, 0.1) is 6.92 Å². The highest BCUT2D eigenvalue weighted by atomic mass is 16.2. The maximum Gasteiger partial charge on any atom is 0.255 e. The number of benzene rings is 2. The molecule has 0 aliphatic heterocycles. The molecule has 0 aromatic heterocycles. The van der Waals surface area contributed by atoms with Crippen molar-refractivity contribution in [2.24, 2.45) is 0 Å². The van der Waals surface area contributed by atoms with Gasteiger partial charge < -0.3 is 10.6 Å². The molecule has 2 N–H and O–H groups in total. The predicted molar refractivity (Wildman–Crippen MR) is 103 cm³/mol. The summed E-state index contributed by atoms with van der Waals surface area (Å²) < 4.78 is 0. The van der Waals surface area contributed by atoms with E-state index in [9.17, 15) is 9.59 Å². The van der Waals surface area contributed by atoms with Gasteiger partial charge in [0, 0.05) is 23.4 Å². The highest BCUT2D eigenvalue weighted by Gasteiger charge is 2.08. The first-order chi connectivity index (χ1) is 12.1. The Hall–Kier alpha value is -2.62. The van der Waals surface area contributed by atoms with Crippen LogP contribution in [0.5, 0.6) is 0 Å². The van der Waals surface area contributed by atoms with Gasteiger partial charge in [-0.2, -0.15) is 0 Å². The van der Waals surface area contributed by atoms with Crippen LogP contribution in [0.3, 0.4) is 0 Å². The largest absolute Gasteiger partial charge is 0.326 e. The molecule has 0 saturated heterocycles. The molecule has 0 radical (unpaired) electrons. The van der Waals surface area contributed by atoms with E-state index in [4.69, 9.17) is 0 Å². The molecule has 4 heteroatoms. The van der Waals surface area contributed by atoms with Crippen LogP contribution in [0.1, 0.15) is 54.9 Å². The summed E-state index contributed by atoms with van der Waals surface area (Å²) >= 11 is 0. The number of unbranched alkanes of at least 4 members (excludes halogenated alkanes) is 3. The zero-order valence-corrected chi connectivity index (χ0v) is 15.0. The number of aryl methyl sites for hydroxylation is 1. The quantitative estimate of drug-likeness (QED) is 0.653. The van der Waals surface area contributed by atoms with E-state index >= 15 is 0 Å². The summed E-state index contributed by atoms with van der Waals surface area (Å²) in [6, 6.07) is 14.6. The van der Waals surface area contributed by atoms with Crippen LogP contribution in [0.2, 0.25) is 0 Å². The van der Waals surface area contributed by atoms with Crippen molar-refractivity contribution in [1.82, 2.24) is 0 Å². The maximum absolute atomic E-state index is 12.2. The fourth-order valence-corrected chi connectivity index (χ4v) is 2.60. The summed E-state index contributed by atoms with van der Waals surface area (Å²) in [4.78, 5) is 24.2. The summed E-state index contributed by atoms with van der Waals surface area (Å²) in [6.07, 6.45) is 4.89. The van der Waals surface area contributed by atoms with Crippen molar-refractivity contribution in [3.05, 3.63) is 59.7 Å². The van der Waals surface area contributed by atoms with E-state index in [1.54, 1.807) is 12.1 Å². The van der Waals surface area contributed by atoms with Crippen molar-refractivity contribution in [2.45, 2.75) is 46.0 Å². The molecule has 2 aromatic rings. The summed E-state index contributed by atoms with van der Waals surface area (Å²) in [5.41, 5.74) is 3.03. The third-order valence-electron chi connectivity index (χ3n) is 4.05. The normalized spacial score (nSPS) is 10.3. The minimum absolute atomic E-state index is 0.0385. The van der Waals surface area contributed by atoms with Crippen LogP contribution in [-0.2, 0) is 4.79 Å². The number of nitrogens with one attached hydrogen (secondary N) is 2. The molecular formula is C21H26N2O2. The molecule has 0 unspecified atom stereocenters. The summed E-state index contributed by atoms with van der Waals surface area (Å²) in [6.45, 7) is 4.07. The molecule has 0 aliphatic rings. The maximum atomic E-state index is 12.2. The van der Waals surface area contributed by atoms with Gasteiger partial charge >= 0.3 is 0 Å². The number of amides is 2. The Bertz CT molecular complexity index is 711. The number of carbonyl (C=O) groups excluding carboxylic acids is 2. The van der Waals surface area contributed by atoms with Crippen molar-refractivity contribution >= 4 is 23.2 Å². The summed E-state index contributed by atoms with van der Waals surface area (Å²) in [5.74, 6) is -0.104. The lowest BCUT2D eigenvalue weighted by molar-refractivity contribution is -0.116. The van der Waals surface area contributed by atoms with E-state index in [1.807, 2.05) is 43.3 Å². The van der Waals surface area contributed by atoms with E-state index in [0.717, 1.165) is 36.2 Å². The number of hydrogen-bond acceptors (Lipinski definition) is 2. The highest BCUT2D eigenvalue weighted by Crippen LogP contribution is 2.21. The zero-order chi connectivity index (χ0) is 18.1. The third-order valence-corrected chi connectivity index (χ3v) is 4.05. The Morgan fingerprint density at radius 3 is 2.36 bits per heavy atom. The standard InChI is InChI=1S/C21H26N2O2/c1-3-4-5-9-12-20(24)22-18-13-14-19(16(2)15-18)23-21(25)17-10-7-6-8-11-17/h6-8,10-11,13-15H,3-5,9,12H2,1-2H3,(H,22,24)(H,23,25). The second kappa shape index (κ2) is 9.62. The van der Waals surface area contributed by atoms with Gasteiger partial charge in [-0.05, 0) is 49.2 Å². The molecule has 2 amide bonds. The van der Waals surface area contributed by atoms with E-state index in [1.165, 1.54) is 6.42 Å². The highest BCUT2D eigenvalue weighted by molar-refractivity contribution is 6.04. The van der Waals surface area contributed by atoms with Crippen molar-refractivity contribution in [3.8, 4) is 0 Å². The molecule has 0 atom stereocenters. The van der Waals surface area contributed by atoms with Crippen LogP contribution in [0.4, 0.5) is 11.4 Å². The summed E-state index contributed by atoms with van der Waals surface area (Å²) in [7, 11) is 0. The second-order valence-corrected chi connectivity index (χ2v) is 6.21. The van der Waals surface area contributed by atoms with Crippen molar-refractivity contribution < 1.29 is 9.59 Å². The molecule has 4 nitrogen and oxygen atoms in total. The zero-order valence-electron chi connectivity index (χ0n) is 15.0. The average molecular weight is 338 g/mol. The second-order valence-electron chi connectivity index (χ2n) is 6.21. The van der Waals surface area contributed by atoms with Gasteiger partial charge in [0.25, 0.3) is 5.91 Å². The molecule has 0 fully saturated rings. The van der Waals surface area contributed by atoms with Crippen LogP contribution < -0.4 is 10.6 Å². The Morgan fingerprint density at radius 1 is 0.920 bits per heavy atom. The minimum Gasteiger partial charge on any atom is -0.326 e. The van der Waals surface area contributed by atoms with Crippen molar-refractivity contribution in [2.75, 3.05) is 10.6 Å². The number of hydrogen-bond donors (Lipinski definition) is 2. The number of rotatable bonds is 8. The lowest BCUT2D eigenvalue weighted by Crippen LogP contribution is -2.14. The van der Waals surface area contributed by atoms with Crippen molar-refractivity contribution in [3.63, 3.8) is 0 Å². The Balaban J connectivity index is 1.91. The van der Waals surface area contributed by atoms with E-state index in [-0.39, 0.29) is 11.8 Å². The first kappa shape index (κ1) is 18.7. The van der Waals surface area contributed by atoms with Gasteiger partial charge in [0.1, 0.15) is 0 Å². The number of carbonyl (C=O) groups is 2. The van der Waals surface area contributed by atoms with Crippen molar-refractivity contribution in [1.29, 1.82) is 0 Å². The van der Waals surface area contributed by atoms with E-state index < -0.39 is 0 Å². The van der Waals surface area contributed by atoms with Crippen LogP contribution in [0.15, 0.2) is 48.5 Å². The monoisotopic (exact) mass is 338 g/mol. The van der Waals surface area contributed by atoms with Crippen LogP contribution in [-0.4, -0.2) is 11.8 Å². The average Bonchev–Trinajstić information content (AvgIpc) is 2.62. The minimum atomic E-state index is -0.142. The van der Waals surface area contributed by atoms with E-state index in [0.29, 0.717) is 12.0 Å². The Labute approximate surface area is 149 Å². The lowest BCUT2D eigenvalue weighted by Gasteiger charge is -2.11. The molecule has 2 rings (SSSR count). The molecular weight excluding hydrogens is 312 g/mol. The predicted octanol–water partition coefficient (Wildman–Crippen LogP) is 5.16. The molecule has 2 aromatic carbocycles. The van der Waals surface area contributed by atoms with E-state index in [2.05, 4.69) is 17.6 Å². The molecule has 0 aliphatic carbocycles. The number of anilines is 2. The molecule has 0 heterocycles. The molecule has 0 spiro atoms. The smallest absolute Gasteiger partial charge is 0.255 e. The van der Waals surface area contributed by atoms with Crippen LogP contribution >= 0.6 is 0 Å². The fourth-order valence-electron chi connectivity index (χ4n) is 2.60. The molecule has 0 bridgehead atoms. The lowest BCUT2D eigenvalue weighted by atomic mass is 10.1. The van der Waals surface area contributed by atoms with Gasteiger partial charge in [-0.3, -0.25) is 9.59 Å². The molecule has 25 heavy (non-hydrogen) atoms. The van der Waals surface area contributed by atoms with Gasteiger partial charge in [0.05, 0.1) is 0 Å². The van der Waals surface area contributed by atoms with Gasteiger partial charge in [0.2, 0.25) is 5.91 Å². The Morgan fingerprint density at radius 2 is 1.68 bits per heavy atom. The first-order valence-corrected chi connectivity index (χ1v) is 8.87. The summed E-state index contributed by atoms with van der Waals surface area (Å²) in [5, 5.41) is 5.82. The fraction of sp³-hybridized carbons (Fsp3) is 0.333. The SMILES string of the molecule is CCCCCCC(=O)Nc1ccc(NC(=O)c2ccccc2)c(C)c1. The topological polar surface area (TPSA) is 58.2 Å². The molecule has 0 saturated carbocycles. The van der Waals surface area contributed by atoms with Gasteiger partial charge in [-0.1, -0.05) is 44.4 Å². The van der Waals surface area contributed by atoms with Gasteiger partial charge in [0.15, 0.2) is 0 Å². The van der Waals surface area contributed by atoms with Gasteiger partial charge in [-0.25, -0.2) is 0 Å². The Kier molecular flexibility index (Phi) is 7.20. The van der Waals surface area contributed by atoms with Gasteiger partial charge in [-0.15, -0.1) is 0 Å². The first-order valence-electron chi connectivity index (χ1n) is 8.87. The van der Waals surface area contributed by atoms with Crippen LogP contribution in [0.25, 0.3) is 0 Å². The third kappa shape index (κ3) is 6.07.